The molecular weight excluding hydrogens is 482 g/mol. The van der Waals surface area contributed by atoms with Crippen LogP contribution in [0.2, 0.25) is 0 Å². The van der Waals surface area contributed by atoms with Gasteiger partial charge in [-0.2, -0.15) is 5.10 Å². The zero-order valence-electron chi connectivity index (χ0n) is 24.2. The molecule has 208 valence electrons. The van der Waals surface area contributed by atoms with Crippen LogP contribution in [0.5, 0.6) is 5.75 Å². The number of carbonyl (C=O) groups excluding carboxylic acids is 1. The average Bonchev–Trinajstić information content (AvgIpc) is 3.48. The quantitative estimate of drug-likeness (QED) is 0.296. The van der Waals surface area contributed by atoms with Crippen molar-refractivity contribution in [1.29, 1.82) is 0 Å². The Hall–Kier alpha value is -3.08. The molecule has 2 aliphatic rings. The van der Waals surface area contributed by atoms with Crippen LogP contribution in [0.15, 0.2) is 54.9 Å². The SMILES string of the molecule is COc1ccc(C2CCC(CN(C(=O)C3CCCCC3)c3cccc(-c4cnn(C(C)C)c4)c3)CC2)cc1C. The summed E-state index contributed by atoms with van der Waals surface area (Å²) in [4.78, 5) is 16.1. The van der Waals surface area contributed by atoms with Crippen LogP contribution in [0.3, 0.4) is 0 Å². The van der Waals surface area contributed by atoms with Crippen molar-refractivity contribution in [2.45, 2.75) is 90.5 Å². The molecule has 0 aliphatic heterocycles. The van der Waals surface area contributed by atoms with Gasteiger partial charge in [0.2, 0.25) is 5.91 Å². The molecule has 2 aliphatic carbocycles. The number of amides is 1. The smallest absolute Gasteiger partial charge is 0.230 e. The molecule has 2 fully saturated rings. The lowest BCUT2D eigenvalue weighted by Crippen LogP contribution is -2.41. The van der Waals surface area contributed by atoms with Gasteiger partial charge in [-0.25, -0.2) is 0 Å². The van der Waals surface area contributed by atoms with Gasteiger partial charge in [-0.05, 0) is 106 Å². The minimum Gasteiger partial charge on any atom is -0.496 e. The third-order valence-corrected chi connectivity index (χ3v) is 9.02. The molecule has 0 saturated heterocycles. The standard InChI is InChI=1S/C34H45N3O2/c1-24(2)37-23-31(21-35-37)29-11-8-12-32(20-29)36(34(38)28-9-6-5-7-10-28)22-26-13-15-27(16-14-26)30-17-18-33(39-4)25(3)19-30/h8,11-12,17-21,23-24,26-28H,5-7,9-10,13-16,22H2,1-4H3. The van der Waals surface area contributed by atoms with E-state index in [-0.39, 0.29) is 5.92 Å². The minimum absolute atomic E-state index is 0.157. The molecule has 39 heavy (non-hydrogen) atoms. The summed E-state index contributed by atoms with van der Waals surface area (Å²) in [5.74, 6) is 2.57. The molecule has 5 nitrogen and oxygen atoms in total. The van der Waals surface area contributed by atoms with Gasteiger partial charge in [0.25, 0.3) is 0 Å². The molecule has 2 saturated carbocycles. The number of rotatable bonds is 8. The molecule has 1 aromatic heterocycles. The number of aryl methyl sites for hydroxylation is 1. The molecule has 3 aromatic rings. The number of nitrogens with zero attached hydrogens (tertiary/aromatic N) is 3. The second-order valence-corrected chi connectivity index (χ2v) is 12.1. The van der Waals surface area contributed by atoms with Crippen molar-refractivity contribution in [2.75, 3.05) is 18.6 Å². The highest BCUT2D eigenvalue weighted by Crippen LogP contribution is 2.39. The Morgan fingerprint density at radius 3 is 2.44 bits per heavy atom. The van der Waals surface area contributed by atoms with Crippen LogP contribution in [0.25, 0.3) is 11.1 Å². The maximum absolute atomic E-state index is 14.0. The van der Waals surface area contributed by atoms with E-state index in [2.05, 4.69) is 79.4 Å². The molecule has 5 heteroatoms. The summed E-state index contributed by atoms with van der Waals surface area (Å²) in [6.45, 7) is 7.23. The van der Waals surface area contributed by atoms with Crippen molar-refractivity contribution in [3.8, 4) is 16.9 Å². The Kier molecular flexibility index (Phi) is 8.74. The fourth-order valence-corrected chi connectivity index (χ4v) is 6.61. The molecular formula is C34H45N3O2. The van der Waals surface area contributed by atoms with Gasteiger partial charge in [0.1, 0.15) is 5.75 Å². The van der Waals surface area contributed by atoms with Gasteiger partial charge in [0, 0.05) is 36.0 Å². The van der Waals surface area contributed by atoms with Crippen LogP contribution in [0.1, 0.15) is 94.7 Å². The van der Waals surface area contributed by atoms with Gasteiger partial charge in [0.15, 0.2) is 0 Å². The maximum Gasteiger partial charge on any atom is 0.230 e. The summed E-state index contributed by atoms with van der Waals surface area (Å²) in [6.07, 6.45) is 14.4. The van der Waals surface area contributed by atoms with Crippen molar-refractivity contribution >= 4 is 11.6 Å². The summed E-state index contributed by atoms with van der Waals surface area (Å²) in [6, 6.07) is 15.5. The van der Waals surface area contributed by atoms with E-state index in [1.807, 2.05) is 10.9 Å². The summed E-state index contributed by atoms with van der Waals surface area (Å²) in [5.41, 5.74) is 5.90. The van der Waals surface area contributed by atoms with Gasteiger partial charge >= 0.3 is 0 Å². The van der Waals surface area contributed by atoms with Gasteiger partial charge in [0.05, 0.1) is 13.3 Å². The number of methoxy groups -OCH3 is 1. The van der Waals surface area contributed by atoms with Gasteiger partial charge in [-0.1, -0.05) is 43.5 Å². The molecule has 0 spiro atoms. The number of ether oxygens (including phenoxy) is 1. The zero-order valence-corrected chi connectivity index (χ0v) is 24.2. The number of anilines is 1. The number of carbonyl (C=O) groups is 1. The van der Waals surface area contributed by atoms with Crippen LogP contribution in [0.4, 0.5) is 5.69 Å². The van der Waals surface area contributed by atoms with E-state index in [0.29, 0.717) is 23.8 Å². The number of benzene rings is 2. The van der Waals surface area contributed by atoms with E-state index in [9.17, 15) is 4.79 Å². The fraction of sp³-hybridized carbons (Fsp3) is 0.529. The highest BCUT2D eigenvalue weighted by Gasteiger charge is 2.31. The Morgan fingerprint density at radius 2 is 1.77 bits per heavy atom. The Labute approximate surface area is 234 Å². The molecule has 0 atom stereocenters. The molecule has 0 unspecified atom stereocenters. The normalized spacial score (nSPS) is 20.2. The van der Waals surface area contributed by atoms with Crippen LogP contribution in [0, 0.1) is 18.8 Å². The maximum atomic E-state index is 14.0. The first-order valence-electron chi connectivity index (χ1n) is 15.0. The first kappa shape index (κ1) is 27.5. The van der Waals surface area contributed by atoms with Crippen LogP contribution in [-0.4, -0.2) is 29.3 Å². The second-order valence-electron chi connectivity index (χ2n) is 12.1. The Morgan fingerprint density at radius 1 is 1.00 bits per heavy atom. The minimum atomic E-state index is 0.157. The summed E-state index contributed by atoms with van der Waals surface area (Å²) in [7, 11) is 1.74. The molecule has 1 amide bonds. The number of hydrogen-bond donors (Lipinski definition) is 0. The van der Waals surface area contributed by atoms with E-state index in [1.54, 1.807) is 7.11 Å². The highest BCUT2D eigenvalue weighted by molar-refractivity contribution is 5.95. The zero-order chi connectivity index (χ0) is 27.4. The van der Waals surface area contributed by atoms with E-state index >= 15 is 0 Å². The summed E-state index contributed by atoms with van der Waals surface area (Å²) >= 11 is 0. The number of hydrogen-bond acceptors (Lipinski definition) is 3. The topological polar surface area (TPSA) is 47.4 Å². The van der Waals surface area contributed by atoms with Crippen LogP contribution >= 0.6 is 0 Å². The van der Waals surface area contributed by atoms with E-state index < -0.39 is 0 Å². The van der Waals surface area contributed by atoms with Crippen molar-refractivity contribution in [3.05, 3.63) is 66.0 Å². The second kappa shape index (κ2) is 12.4. The van der Waals surface area contributed by atoms with E-state index in [4.69, 9.17) is 4.74 Å². The van der Waals surface area contributed by atoms with Gasteiger partial charge in [-0.15, -0.1) is 0 Å². The monoisotopic (exact) mass is 527 g/mol. The molecule has 0 bridgehead atoms. The highest BCUT2D eigenvalue weighted by atomic mass is 16.5. The van der Waals surface area contributed by atoms with Gasteiger partial charge < -0.3 is 9.64 Å². The first-order chi connectivity index (χ1) is 18.9. The average molecular weight is 528 g/mol. The van der Waals surface area contributed by atoms with Crippen molar-refractivity contribution < 1.29 is 9.53 Å². The predicted molar refractivity (Wildman–Crippen MR) is 159 cm³/mol. The summed E-state index contributed by atoms with van der Waals surface area (Å²) in [5, 5.41) is 4.54. The Bertz CT molecular complexity index is 1250. The fourth-order valence-electron chi connectivity index (χ4n) is 6.61. The first-order valence-corrected chi connectivity index (χ1v) is 15.0. The predicted octanol–water partition coefficient (Wildman–Crippen LogP) is 8.34. The van der Waals surface area contributed by atoms with Crippen LogP contribution < -0.4 is 9.64 Å². The lowest BCUT2D eigenvalue weighted by atomic mass is 9.78. The molecule has 2 aromatic carbocycles. The molecule has 0 radical (unpaired) electrons. The van der Waals surface area contributed by atoms with E-state index in [1.165, 1.54) is 43.2 Å². The molecule has 1 heterocycles. The van der Waals surface area contributed by atoms with E-state index in [0.717, 1.165) is 54.8 Å². The van der Waals surface area contributed by atoms with Crippen LogP contribution in [-0.2, 0) is 4.79 Å². The van der Waals surface area contributed by atoms with Crippen molar-refractivity contribution in [2.24, 2.45) is 11.8 Å². The Balaban J connectivity index is 1.33. The summed E-state index contributed by atoms with van der Waals surface area (Å²) < 4.78 is 7.46. The third-order valence-electron chi connectivity index (χ3n) is 9.02. The number of aromatic nitrogens is 2. The largest absolute Gasteiger partial charge is 0.496 e. The van der Waals surface area contributed by atoms with Crippen molar-refractivity contribution in [1.82, 2.24) is 9.78 Å². The van der Waals surface area contributed by atoms with Gasteiger partial charge in [-0.3, -0.25) is 9.48 Å². The molecule has 5 rings (SSSR count). The lowest BCUT2D eigenvalue weighted by Gasteiger charge is -2.35. The third kappa shape index (κ3) is 6.40. The molecule has 0 N–H and O–H groups in total. The van der Waals surface area contributed by atoms with Crippen molar-refractivity contribution in [3.63, 3.8) is 0 Å². The lowest BCUT2D eigenvalue weighted by molar-refractivity contribution is -0.123.